The number of alkyl halides is 3. The smallest absolute Gasteiger partial charge is 0.401 e. The molecule has 0 aromatic heterocycles. The predicted octanol–water partition coefficient (Wildman–Crippen LogP) is 2.33. The van der Waals surface area contributed by atoms with Crippen LogP contribution in [0.1, 0.15) is 39.5 Å². The summed E-state index contributed by atoms with van der Waals surface area (Å²) in [7, 11) is 2.96. The van der Waals surface area contributed by atoms with Gasteiger partial charge in [-0.3, -0.25) is 9.69 Å². The average Bonchev–Trinajstić information content (AvgIpc) is 2.42. The highest BCUT2D eigenvalue weighted by Gasteiger charge is 2.46. The maximum absolute atomic E-state index is 12.8. The molecule has 0 bridgehead atoms. The van der Waals surface area contributed by atoms with E-state index in [9.17, 15) is 18.0 Å². The van der Waals surface area contributed by atoms with Gasteiger partial charge in [0.2, 0.25) is 0 Å². The first-order chi connectivity index (χ1) is 9.65. The molecule has 0 saturated heterocycles. The number of carbonyl (C=O) groups excluding carboxylic acids is 1. The number of carbonyl (C=O) groups is 1. The summed E-state index contributed by atoms with van der Waals surface area (Å²) in [5.74, 6) is -0.398. The molecular weight excluding hydrogens is 285 g/mol. The number of hydrogen-bond acceptors (Lipinski definition) is 4. The Morgan fingerprint density at radius 3 is 2.52 bits per heavy atom. The fourth-order valence-corrected chi connectivity index (χ4v) is 3.18. The number of hydrogen-bond donors (Lipinski definition) is 1. The lowest BCUT2D eigenvalue weighted by Crippen LogP contribution is -2.59. The fraction of sp³-hybridized carbons (Fsp3) is 0.929. The first-order valence-electron chi connectivity index (χ1n) is 7.25. The second-order valence-corrected chi connectivity index (χ2v) is 5.96. The zero-order chi connectivity index (χ0) is 16.3. The Balaban J connectivity index is 2.92. The van der Waals surface area contributed by atoms with Crippen LogP contribution in [0.5, 0.6) is 0 Å². The summed E-state index contributed by atoms with van der Waals surface area (Å²) >= 11 is 0. The maximum Gasteiger partial charge on any atom is 0.401 e. The molecule has 0 spiro atoms. The second kappa shape index (κ2) is 6.96. The predicted molar refractivity (Wildman–Crippen MR) is 74.0 cm³/mol. The van der Waals surface area contributed by atoms with Gasteiger partial charge in [-0.05, 0) is 46.6 Å². The Morgan fingerprint density at radius 1 is 1.48 bits per heavy atom. The van der Waals surface area contributed by atoms with Gasteiger partial charge in [0.25, 0.3) is 0 Å². The van der Waals surface area contributed by atoms with Crippen LogP contribution < -0.4 is 5.32 Å². The molecule has 1 rings (SSSR count). The minimum atomic E-state index is -4.24. The number of nitrogens with one attached hydrogen (secondary N) is 1. The van der Waals surface area contributed by atoms with Gasteiger partial charge in [-0.25, -0.2) is 0 Å². The van der Waals surface area contributed by atoms with Gasteiger partial charge in [-0.1, -0.05) is 0 Å². The third-order valence-electron chi connectivity index (χ3n) is 4.27. The molecule has 1 aliphatic carbocycles. The molecule has 1 fully saturated rings. The third kappa shape index (κ3) is 4.57. The summed E-state index contributed by atoms with van der Waals surface area (Å²) < 4.78 is 43.1. The molecule has 1 aliphatic rings. The van der Waals surface area contributed by atoms with Crippen molar-refractivity contribution in [2.75, 3.05) is 20.7 Å². The van der Waals surface area contributed by atoms with Crippen molar-refractivity contribution in [3.05, 3.63) is 0 Å². The van der Waals surface area contributed by atoms with Crippen LogP contribution in [-0.4, -0.2) is 55.4 Å². The lowest BCUT2D eigenvalue weighted by Gasteiger charge is -2.44. The van der Waals surface area contributed by atoms with Crippen LogP contribution in [0, 0.1) is 0 Å². The first-order valence-corrected chi connectivity index (χ1v) is 7.25. The highest BCUT2D eigenvalue weighted by atomic mass is 19.4. The molecule has 7 heteroatoms. The Kier molecular flexibility index (Phi) is 6.04. The topological polar surface area (TPSA) is 41.6 Å². The molecule has 21 heavy (non-hydrogen) atoms. The van der Waals surface area contributed by atoms with Gasteiger partial charge < -0.3 is 10.1 Å². The van der Waals surface area contributed by atoms with Crippen molar-refractivity contribution in [1.82, 2.24) is 10.2 Å². The first kappa shape index (κ1) is 18.2. The number of nitrogens with zero attached hydrogens (tertiary/aromatic N) is 1. The van der Waals surface area contributed by atoms with Crippen molar-refractivity contribution in [2.45, 2.75) is 63.3 Å². The average molecular weight is 310 g/mol. The van der Waals surface area contributed by atoms with E-state index < -0.39 is 24.2 Å². The minimum Gasteiger partial charge on any atom is -0.468 e. The zero-order valence-electron chi connectivity index (χ0n) is 13.1. The van der Waals surface area contributed by atoms with Crippen molar-refractivity contribution in [2.24, 2.45) is 0 Å². The molecule has 0 amide bonds. The van der Waals surface area contributed by atoms with Gasteiger partial charge in [0.15, 0.2) is 0 Å². The SMILES string of the molecule is CNC1(C(=O)OC)CCCC(N(CC(F)(F)F)C(C)C)C1. The molecule has 2 atom stereocenters. The Bertz CT molecular complexity index is 361. The molecule has 0 radical (unpaired) electrons. The summed E-state index contributed by atoms with van der Waals surface area (Å²) in [4.78, 5) is 13.5. The summed E-state index contributed by atoms with van der Waals surface area (Å²) in [6.07, 6.45) is -1.96. The van der Waals surface area contributed by atoms with Gasteiger partial charge in [0.1, 0.15) is 5.54 Å². The largest absolute Gasteiger partial charge is 0.468 e. The van der Waals surface area contributed by atoms with Crippen LogP contribution in [0.2, 0.25) is 0 Å². The molecule has 2 unspecified atom stereocenters. The van der Waals surface area contributed by atoms with Gasteiger partial charge in [-0.15, -0.1) is 0 Å². The number of ether oxygens (including phenoxy) is 1. The minimum absolute atomic E-state index is 0.234. The van der Waals surface area contributed by atoms with E-state index in [0.717, 1.165) is 0 Å². The van der Waals surface area contributed by atoms with E-state index in [1.54, 1.807) is 20.9 Å². The van der Waals surface area contributed by atoms with E-state index in [1.807, 2.05) is 0 Å². The summed E-state index contributed by atoms with van der Waals surface area (Å²) in [6.45, 7) is 2.55. The van der Waals surface area contributed by atoms with Crippen molar-refractivity contribution < 1.29 is 22.7 Å². The maximum atomic E-state index is 12.8. The van der Waals surface area contributed by atoms with Gasteiger partial charge in [0.05, 0.1) is 13.7 Å². The van der Waals surface area contributed by atoms with Crippen LogP contribution in [-0.2, 0) is 9.53 Å². The fourth-order valence-electron chi connectivity index (χ4n) is 3.18. The monoisotopic (exact) mass is 310 g/mol. The van der Waals surface area contributed by atoms with Crippen LogP contribution in [0.15, 0.2) is 0 Å². The quantitative estimate of drug-likeness (QED) is 0.792. The normalized spacial score (nSPS) is 27.2. The molecular formula is C14H25F3N2O2. The number of esters is 1. The second-order valence-electron chi connectivity index (χ2n) is 5.96. The van der Waals surface area contributed by atoms with Crippen molar-refractivity contribution in [3.63, 3.8) is 0 Å². The molecule has 1 N–H and O–H groups in total. The molecule has 0 aromatic carbocycles. The van der Waals surface area contributed by atoms with E-state index in [-0.39, 0.29) is 12.1 Å². The van der Waals surface area contributed by atoms with Crippen molar-refractivity contribution in [1.29, 1.82) is 0 Å². The summed E-state index contributed by atoms with van der Waals surface area (Å²) in [5.41, 5.74) is -0.879. The molecule has 124 valence electrons. The summed E-state index contributed by atoms with van der Waals surface area (Å²) in [5, 5.41) is 2.97. The lowest BCUT2D eigenvalue weighted by atomic mass is 9.78. The van der Waals surface area contributed by atoms with Crippen molar-refractivity contribution in [3.8, 4) is 0 Å². The van der Waals surface area contributed by atoms with E-state index in [4.69, 9.17) is 4.74 Å². The summed E-state index contributed by atoms with van der Waals surface area (Å²) in [6, 6.07) is -0.520. The van der Waals surface area contributed by atoms with Gasteiger partial charge >= 0.3 is 12.1 Å². The lowest BCUT2D eigenvalue weighted by molar-refractivity contribution is -0.162. The van der Waals surface area contributed by atoms with Gasteiger partial charge in [0, 0.05) is 12.1 Å². The van der Waals surface area contributed by atoms with E-state index in [2.05, 4.69) is 5.32 Å². The Morgan fingerprint density at radius 2 is 2.10 bits per heavy atom. The molecule has 0 aromatic rings. The van der Waals surface area contributed by atoms with Crippen LogP contribution >= 0.6 is 0 Å². The Labute approximate surface area is 124 Å². The van der Waals surface area contributed by atoms with E-state index >= 15 is 0 Å². The number of rotatable bonds is 5. The zero-order valence-corrected chi connectivity index (χ0v) is 13.1. The van der Waals surface area contributed by atoms with E-state index in [1.165, 1.54) is 12.0 Å². The van der Waals surface area contributed by atoms with Crippen LogP contribution in [0.3, 0.4) is 0 Å². The molecule has 1 saturated carbocycles. The van der Waals surface area contributed by atoms with Crippen LogP contribution in [0.4, 0.5) is 13.2 Å². The standard InChI is InChI=1S/C14H25F3N2O2/c1-10(2)19(9-14(15,16)17)11-6-5-7-13(8-11,18-3)12(20)21-4/h10-11,18H,5-9H2,1-4H3. The van der Waals surface area contributed by atoms with E-state index in [0.29, 0.717) is 25.7 Å². The Hall–Kier alpha value is -0.820. The number of halogens is 3. The van der Waals surface area contributed by atoms with Crippen molar-refractivity contribution >= 4 is 5.97 Å². The van der Waals surface area contributed by atoms with Crippen LogP contribution in [0.25, 0.3) is 0 Å². The van der Waals surface area contributed by atoms with Gasteiger partial charge in [-0.2, -0.15) is 13.2 Å². The number of methoxy groups -OCH3 is 1. The molecule has 0 aliphatic heterocycles. The highest BCUT2D eigenvalue weighted by molar-refractivity contribution is 5.81. The molecule has 0 heterocycles. The third-order valence-corrected chi connectivity index (χ3v) is 4.27. The molecule has 4 nitrogen and oxygen atoms in total. The number of likely N-dealkylation sites (N-methyl/N-ethyl adjacent to an activating group) is 1. The highest BCUT2D eigenvalue weighted by Crippen LogP contribution is 2.34.